The first kappa shape index (κ1) is 22.9. The summed E-state index contributed by atoms with van der Waals surface area (Å²) in [6.07, 6.45) is 8.51. The van der Waals surface area contributed by atoms with Gasteiger partial charge in [-0.25, -0.2) is 0 Å². The number of hydrogen-bond acceptors (Lipinski definition) is 2. The first-order valence-corrected chi connectivity index (χ1v) is 10.1. The van der Waals surface area contributed by atoms with Crippen LogP contribution in [0.2, 0.25) is 0 Å². The monoisotopic (exact) mass is 326 g/mol. The molecule has 2 nitrogen and oxygen atoms in total. The first-order chi connectivity index (χ1) is 10.6. The zero-order valence-corrected chi connectivity index (χ0v) is 17.6. The largest absolute Gasteiger partial charge is 0.301 e. The van der Waals surface area contributed by atoms with E-state index in [1.807, 2.05) is 0 Å². The second-order valence-corrected chi connectivity index (χ2v) is 9.14. The van der Waals surface area contributed by atoms with Crippen molar-refractivity contribution in [3.8, 4) is 0 Å². The van der Waals surface area contributed by atoms with Crippen molar-refractivity contribution in [1.29, 1.82) is 0 Å². The van der Waals surface area contributed by atoms with E-state index in [0.717, 1.165) is 12.0 Å². The van der Waals surface area contributed by atoms with E-state index in [0.29, 0.717) is 5.54 Å². The Hall–Kier alpha value is -0.0800. The van der Waals surface area contributed by atoms with Crippen LogP contribution in [0, 0.1) is 5.92 Å². The Labute approximate surface area is 148 Å². The maximum atomic E-state index is 2.58. The SMILES string of the molecule is CC(C)(C)N1CCCCC1.CC(C)C.CC(C)N1CCCCC1. The lowest BCUT2D eigenvalue weighted by Crippen LogP contribution is -2.44. The van der Waals surface area contributed by atoms with Crippen molar-refractivity contribution in [1.82, 2.24) is 9.80 Å². The Morgan fingerprint density at radius 3 is 1.17 bits per heavy atom. The van der Waals surface area contributed by atoms with Crippen LogP contribution in [0.25, 0.3) is 0 Å². The molecule has 0 aromatic heterocycles. The lowest BCUT2D eigenvalue weighted by molar-refractivity contribution is 0.111. The fraction of sp³-hybridized carbons (Fsp3) is 1.00. The highest BCUT2D eigenvalue weighted by atomic mass is 15.2. The molecule has 0 spiro atoms. The summed E-state index contributed by atoms with van der Waals surface area (Å²) in [7, 11) is 0. The third kappa shape index (κ3) is 12.9. The average molecular weight is 327 g/mol. The van der Waals surface area contributed by atoms with Crippen LogP contribution in [0.3, 0.4) is 0 Å². The molecule has 0 N–H and O–H groups in total. The standard InChI is InChI=1S/C9H19N.C8H17N.C4H10/c1-9(2,3)10-7-5-4-6-8-10;1-8(2)9-6-4-3-5-7-9;1-4(2)3/h4-8H2,1-3H3;8H,3-7H2,1-2H3;4H,1-3H3. The number of piperidine rings is 2. The van der Waals surface area contributed by atoms with Crippen molar-refractivity contribution < 1.29 is 0 Å². The molecule has 0 atom stereocenters. The quantitative estimate of drug-likeness (QED) is 0.599. The fourth-order valence-electron chi connectivity index (χ4n) is 3.00. The van der Waals surface area contributed by atoms with Gasteiger partial charge in [-0.05, 0) is 92.4 Å². The second-order valence-electron chi connectivity index (χ2n) is 9.14. The Bertz CT molecular complexity index is 251. The highest BCUT2D eigenvalue weighted by molar-refractivity contribution is 4.78. The molecular weight excluding hydrogens is 280 g/mol. The van der Waals surface area contributed by atoms with Gasteiger partial charge in [0.1, 0.15) is 0 Å². The summed E-state index contributed by atoms with van der Waals surface area (Å²) < 4.78 is 0. The topological polar surface area (TPSA) is 6.48 Å². The highest BCUT2D eigenvalue weighted by Crippen LogP contribution is 2.19. The third-order valence-corrected chi connectivity index (χ3v) is 4.43. The molecule has 0 aromatic rings. The lowest BCUT2D eigenvalue weighted by Gasteiger charge is -2.38. The Balaban J connectivity index is 0.000000345. The van der Waals surface area contributed by atoms with E-state index in [2.05, 4.69) is 65.2 Å². The molecule has 2 aliphatic heterocycles. The molecule has 0 unspecified atom stereocenters. The van der Waals surface area contributed by atoms with Gasteiger partial charge in [0.25, 0.3) is 0 Å². The molecule has 2 heterocycles. The fourth-order valence-corrected chi connectivity index (χ4v) is 3.00. The Morgan fingerprint density at radius 2 is 0.957 bits per heavy atom. The van der Waals surface area contributed by atoms with E-state index in [1.165, 1.54) is 64.7 Å². The van der Waals surface area contributed by atoms with E-state index in [1.54, 1.807) is 0 Å². The summed E-state index contributed by atoms with van der Waals surface area (Å²) in [6.45, 7) is 23.3. The molecular formula is C21H46N2. The molecule has 2 saturated heterocycles. The van der Waals surface area contributed by atoms with Gasteiger partial charge < -0.3 is 4.90 Å². The molecule has 2 heteroatoms. The van der Waals surface area contributed by atoms with Crippen LogP contribution in [0.1, 0.15) is 93.9 Å². The van der Waals surface area contributed by atoms with Gasteiger partial charge in [-0.15, -0.1) is 0 Å². The van der Waals surface area contributed by atoms with Crippen LogP contribution in [0.4, 0.5) is 0 Å². The van der Waals surface area contributed by atoms with Gasteiger partial charge in [-0.2, -0.15) is 0 Å². The van der Waals surface area contributed by atoms with Crippen LogP contribution in [0.15, 0.2) is 0 Å². The average Bonchev–Trinajstić information content (AvgIpc) is 2.48. The van der Waals surface area contributed by atoms with E-state index < -0.39 is 0 Å². The van der Waals surface area contributed by atoms with E-state index in [-0.39, 0.29) is 0 Å². The van der Waals surface area contributed by atoms with Crippen LogP contribution in [-0.4, -0.2) is 47.6 Å². The minimum Gasteiger partial charge on any atom is -0.301 e. The number of hydrogen-bond donors (Lipinski definition) is 0. The number of nitrogens with zero attached hydrogens (tertiary/aromatic N) is 2. The summed E-state index contributed by atoms with van der Waals surface area (Å²) in [5.41, 5.74) is 0.403. The van der Waals surface area contributed by atoms with Crippen molar-refractivity contribution in [3.05, 3.63) is 0 Å². The lowest BCUT2D eigenvalue weighted by atomic mass is 10.0. The molecule has 0 bridgehead atoms. The van der Waals surface area contributed by atoms with Crippen molar-refractivity contribution in [2.24, 2.45) is 5.92 Å². The third-order valence-electron chi connectivity index (χ3n) is 4.43. The van der Waals surface area contributed by atoms with Crippen LogP contribution in [0.5, 0.6) is 0 Å². The molecule has 2 aliphatic rings. The summed E-state index contributed by atoms with van der Waals surface area (Å²) >= 11 is 0. The molecule has 2 rings (SSSR count). The van der Waals surface area contributed by atoms with Crippen LogP contribution in [-0.2, 0) is 0 Å². The van der Waals surface area contributed by atoms with Gasteiger partial charge in [0.2, 0.25) is 0 Å². The summed E-state index contributed by atoms with van der Waals surface area (Å²) in [5, 5.41) is 0. The van der Waals surface area contributed by atoms with E-state index in [9.17, 15) is 0 Å². The number of likely N-dealkylation sites (tertiary alicyclic amines) is 2. The highest BCUT2D eigenvalue weighted by Gasteiger charge is 2.22. The maximum absolute atomic E-state index is 2.58. The van der Waals surface area contributed by atoms with Gasteiger partial charge in [-0.1, -0.05) is 33.6 Å². The number of rotatable bonds is 1. The summed E-state index contributed by atoms with van der Waals surface area (Å²) in [5.74, 6) is 0.833. The van der Waals surface area contributed by atoms with Crippen molar-refractivity contribution >= 4 is 0 Å². The normalized spacial score (nSPS) is 20.6. The van der Waals surface area contributed by atoms with Crippen LogP contribution >= 0.6 is 0 Å². The smallest absolute Gasteiger partial charge is 0.0125 e. The predicted molar refractivity (Wildman–Crippen MR) is 106 cm³/mol. The van der Waals surface area contributed by atoms with Crippen LogP contribution < -0.4 is 0 Å². The van der Waals surface area contributed by atoms with Gasteiger partial charge >= 0.3 is 0 Å². The Kier molecular flexibility index (Phi) is 12.3. The van der Waals surface area contributed by atoms with Gasteiger partial charge in [0.05, 0.1) is 0 Å². The van der Waals surface area contributed by atoms with Crippen molar-refractivity contribution in [3.63, 3.8) is 0 Å². The molecule has 2 fully saturated rings. The zero-order valence-electron chi connectivity index (χ0n) is 17.6. The van der Waals surface area contributed by atoms with Crippen molar-refractivity contribution in [2.45, 2.75) is 105 Å². The van der Waals surface area contributed by atoms with Crippen molar-refractivity contribution in [2.75, 3.05) is 26.2 Å². The molecule has 0 aromatic carbocycles. The minimum atomic E-state index is 0.403. The van der Waals surface area contributed by atoms with E-state index >= 15 is 0 Å². The molecule has 0 radical (unpaired) electrons. The van der Waals surface area contributed by atoms with Gasteiger partial charge in [0, 0.05) is 11.6 Å². The minimum absolute atomic E-state index is 0.403. The summed E-state index contributed by atoms with van der Waals surface area (Å²) in [4.78, 5) is 5.14. The molecule has 23 heavy (non-hydrogen) atoms. The maximum Gasteiger partial charge on any atom is 0.0125 e. The predicted octanol–water partition coefficient (Wildman–Crippen LogP) is 5.81. The van der Waals surface area contributed by atoms with Gasteiger partial charge in [-0.3, -0.25) is 4.90 Å². The molecule has 0 amide bonds. The Morgan fingerprint density at radius 1 is 0.609 bits per heavy atom. The molecule has 0 aliphatic carbocycles. The zero-order chi connectivity index (χ0) is 17.9. The molecule has 0 saturated carbocycles. The molecule has 140 valence electrons. The van der Waals surface area contributed by atoms with E-state index in [4.69, 9.17) is 0 Å². The van der Waals surface area contributed by atoms with Gasteiger partial charge in [0.15, 0.2) is 0 Å². The second kappa shape index (κ2) is 12.3. The first-order valence-electron chi connectivity index (χ1n) is 10.1. The summed E-state index contributed by atoms with van der Waals surface area (Å²) in [6, 6.07) is 0.769.